The Balaban J connectivity index is 3.95. The van der Waals surface area contributed by atoms with Gasteiger partial charge in [-0.25, -0.2) is 0 Å². The Hall–Kier alpha value is -1.38. The molecule has 0 aromatic heterocycles. The van der Waals surface area contributed by atoms with Gasteiger partial charge in [-0.05, 0) is 6.92 Å². The van der Waals surface area contributed by atoms with Gasteiger partial charge in [0, 0.05) is 0 Å². The maximum atomic E-state index is 5.18. The molecule has 0 amide bonds. The Bertz CT molecular complexity index is 166. The summed E-state index contributed by atoms with van der Waals surface area (Å²) in [5.74, 6) is 0. The van der Waals surface area contributed by atoms with Crippen molar-refractivity contribution in [2.75, 3.05) is 6.61 Å². The predicted octanol–water partition coefficient (Wildman–Crippen LogP) is 2.22. The zero-order valence-corrected chi connectivity index (χ0v) is 7.94. The lowest BCUT2D eigenvalue weighted by Gasteiger charge is -2.21. The highest BCUT2D eigenvalue weighted by Gasteiger charge is 2.18. The summed E-state index contributed by atoms with van der Waals surface area (Å²) in [5.41, 5.74) is 0. The van der Waals surface area contributed by atoms with Crippen LogP contribution in [0.25, 0.3) is 0 Å². The van der Waals surface area contributed by atoms with Crippen LogP contribution in [0.1, 0.15) is 6.92 Å². The standard InChI is InChI=1S/C10H16O3/c1-5-11-8-10(13-7-3)9(4)12-6-2/h5-7,9-10H,1-3,8H2,4H3. The molecule has 0 aliphatic rings. The minimum absolute atomic E-state index is 0.129. The van der Waals surface area contributed by atoms with Gasteiger partial charge in [0.2, 0.25) is 0 Å². The molecule has 2 unspecified atom stereocenters. The Morgan fingerprint density at radius 2 is 1.69 bits per heavy atom. The third kappa shape index (κ3) is 4.95. The molecular formula is C10H16O3. The maximum Gasteiger partial charge on any atom is 0.168 e. The predicted molar refractivity (Wildman–Crippen MR) is 52.0 cm³/mol. The Morgan fingerprint density at radius 1 is 1.08 bits per heavy atom. The van der Waals surface area contributed by atoms with Crippen LogP contribution >= 0.6 is 0 Å². The van der Waals surface area contributed by atoms with Crippen LogP contribution in [0.2, 0.25) is 0 Å². The molecule has 0 radical (unpaired) electrons. The van der Waals surface area contributed by atoms with Gasteiger partial charge in [-0.1, -0.05) is 19.7 Å². The fraction of sp³-hybridized carbons (Fsp3) is 0.400. The van der Waals surface area contributed by atoms with E-state index in [0.717, 1.165) is 0 Å². The van der Waals surface area contributed by atoms with Crippen LogP contribution < -0.4 is 0 Å². The van der Waals surface area contributed by atoms with Gasteiger partial charge in [0.15, 0.2) is 6.10 Å². The summed E-state index contributed by atoms with van der Waals surface area (Å²) in [6, 6.07) is 0. The van der Waals surface area contributed by atoms with Crippen LogP contribution in [0.3, 0.4) is 0 Å². The zero-order valence-electron chi connectivity index (χ0n) is 7.94. The molecule has 0 aliphatic heterocycles. The maximum absolute atomic E-state index is 5.18. The topological polar surface area (TPSA) is 27.7 Å². The largest absolute Gasteiger partial charge is 0.498 e. The van der Waals surface area contributed by atoms with Crippen LogP contribution in [0.15, 0.2) is 38.5 Å². The summed E-state index contributed by atoms with van der Waals surface area (Å²) in [5, 5.41) is 0. The van der Waals surface area contributed by atoms with Crippen molar-refractivity contribution in [3.05, 3.63) is 38.5 Å². The molecular weight excluding hydrogens is 168 g/mol. The Kier molecular flexibility index (Phi) is 6.51. The van der Waals surface area contributed by atoms with Crippen molar-refractivity contribution >= 4 is 0 Å². The average molecular weight is 184 g/mol. The second-order valence-corrected chi connectivity index (χ2v) is 2.35. The molecule has 3 heteroatoms. The van der Waals surface area contributed by atoms with Crippen LogP contribution in [0.5, 0.6) is 0 Å². The Morgan fingerprint density at radius 3 is 2.15 bits per heavy atom. The van der Waals surface area contributed by atoms with E-state index < -0.39 is 0 Å². The number of hydrogen-bond donors (Lipinski definition) is 0. The van der Waals surface area contributed by atoms with E-state index in [1.54, 1.807) is 0 Å². The molecule has 0 rings (SSSR count). The number of ether oxygens (including phenoxy) is 3. The summed E-state index contributed by atoms with van der Waals surface area (Å²) in [4.78, 5) is 0. The first kappa shape index (κ1) is 11.6. The molecule has 0 heterocycles. The van der Waals surface area contributed by atoms with Gasteiger partial charge >= 0.3 is 0 Å². The van der Waals surface area contributed by atoms with Crippen molar-refractivity contribution in [3.8, 4) is 0 Å². The molecule has 0 aromatic rings. The van der Waals surface area contributed by atoms with Gasteiger partial charge in [0.25, 0.3) is 0 Å². The first-order valence-electron chi connectivity index (χ1n) is 4.01. The van der Waals surface area contributed by atoms with E-state index in [-0.39, 0.29) is 12.2 Å². The molecule has 2 atom stereocenters. The van der Waals surface area contributed by atoms with Crippen LogP contribution in [0.4, 0.5) is 0 Å². The van der Waals surface area contributed by atoms with Crippen molar-refractivity contribution in [2.24, 2.45) is 0 Å². The van der Waals surface area contributed by atoms with E-state index in [0.29, 0.717) is 6.61 Å². The van der Waals surface area contributed by atoms with Crippen LogP contribution in [0, 0.1) is 0 Å². The van der Waals surface area contributed by atoms with Gasteiger partial charge in [-0.2, -0.15) is 0 Å². The van der Waals surface area contributed by atoms with Crippen molar-refractivity contribution in [2.45, 2.75) is 19.1 Å². The molecule has 13 heavy (non-hydrogen) atoms. The molecule has 0 saturated heterocycles. The molecule has 0 fully saturated rings. The summed E-state index contributed by atoms with van der Waals surface area (Å²) in [6.45, 7) is 12.6. The summed E-state index contributed by atoms with van der Waals surface area (Å²) < 4.78 is 15.3. The minimum Gasteiger partial charge on any atom is -0.498 e. The van der Waals surface area contributed by atoms with Crippen molar-refractivity contribution in [3.63, 3.8) is 0 Å². The fourth-order valence-corrected chi connectivity index (χ4v) is 0.811. The number of rotatable bonds is 8. The molecule has 74 valence electrons. The van der Waals surface area contributed by atoms with E-state index in [2.05, 4.69) is 19.7 Å². The lowest BCUT2D eigenvalue weighted by molar-refractivity contribution is -0.0234. The van der Waals surface area contributed by atoms with Crippen molar-refractivity contribution in [1.29, 1.82) is 0 Å². The molecule has 0 N–H and O–H groups in total. The molecule has 3 nitrogen and oxygen atoms in total. The van der Waals surface area contributed by atoms with Crippen molar-refractivity contribution in [1.82, 2.24) is 0 Å². The second kappa shape index (κ2) is 7.28. The quantitative estimate of drug-likeness (QED) is 0.541. The van der Waals surface area contributed by atoms with Crippen LogP contribution in [-0.4, -0.2) is 18.8 Å². The molecule has 0 saturated carbocycles. The van der Waals surface area contributed by atoms with Gasteiger partial charge in [-0.15, -0.1) is 0 Å². The van der Waals surface area contributed by atoms with E-state index >= 15 is 0 Å². The fourth-order valence-electron chi connectivity index (χ4n) is 0.811. The minimum atomic E-state index is -0.200. The molecule has 0 aliphatic carbocycles. The molecule has 0 aromatic carbocycles. The third-order valence-corrected chi connectivity index (χ3v) is 1.48. The smallest absolute Gasteiger partial charge is 0.168 e. The average Bonchev–Trinajstić information content (AvgIpc) is 2.12. The highest BCUT2D eigenvalue weighted by Crippen LogP contribution is 2.05. The zero-order chi connectivity index (χ0) is 10.1. The first-order chi connectivity index (χ1) is 6.26. The first-order valence-corrected chi connectivity index (χ1v) is 4.01. The molecule has 0 bridgehead atoms. The van der Waals surface area contributed by atoms with Gasteiger partial charge in [0.1, 0.15) is 12.7 Å². The monoisotopic (exact) mass is 184 g/mol. The molecule has 0 spiro atoms. The van der Waals surface area contributed by atoms with Gasteiger partial charge < -0.3 is 14.2 Å². The highest BCUT2D eigenvalue weighted by molar-refractivity contribution is 4.72. The van der Waals surface area contributed by atoms with Crippen molar-refractivity contribution < 1.29 is 14.2 Å². The van der Waals surface area contributed by atoms with E-state index in [9.17, 15) is 0 Å². The number of hydrogen-bond acceptors (Lipinski definition) is 3. The van der Waals surface area contributed by atoms with E-state index in [1.165, 1.54) is 18.8 Å². The third-order valence-electron chi connectivity index (χ3n) is 1.48. The summed E-state index contributed by atoms with van der Waals surface area (Å²) in [6.07, 6.45) is 3.77. The lowest BCUT2D eigenvalue weighted by Crippen LogP contribution is -2.30. The van der Waals surface area contributed by atoms with E-state index in [4.69, 9.17) is 14.2 Å². The highest BCUT2D eigenvalue weighted by atomic mass is 16.6. The Labute approximate surface area is 79.3 Å². The van der Waals surface area contributed by atoms with Gasteiger partial charge in [0.05, 0.1) is 18.8 Å². The lowest BCUT2D eigenvalue weighted by atomic mass is 10.2. The summed E-state index contributed by atoms with van der Waals surface area (Å²) in [7, 11) is 0. The SMILES string of the molecule is C=COCC(OC=C)C(C)OC=C. The normalized spacial score (nSPS) is 13.6. The van der Waals surface area contributed by atoms with Crippen LogP contribution in [-0.2, 0) is 14.2 Å². The second-order valence-electron chi connectivity index (χ2n) is 2.35. The van der Waals surface area contributed by atoms with Gasteiger partial charge in [-0.3, -0.25) is 0 Å². The summed E-state index contributed by atoms with van der Waals surface area (Å²) >= 11 is 0. The van der Waals surface area contributed by atoms with E-state index in [1.807, 2.05) is 6.92 Å².